The zero-order valence-electron chi connectivity index (χ0n) is 23.4. The predicted octanol–water partition coefficient (Wildman–Crippen LogP) is 4.34. The Balaban J connectivity index is 1.32. The molecule has 7 heteroatoms. The predicted molar refractivity (Wildman–Crippen MR) is 159 cm³/mol. The third kappa shape index (κ3) is 5.74. The molecule has 5 rings (SSSR count). The summed E-state index contributed by atoms with van der Waals surface area (Å²) in [6.45, 7) is 15.7. The number of aliphatic imine (C=N–C) groups is 1. The molecule has 1 atom stereocenters. The van der Waals surface area contributed by atoms with Gasteiger partial charge in [0.15, 0.2) is 0 Å². The lowest BCUT2D eigenvalue weighted by atomic mass is 9.90. The number of carbonyl (C=O) groups is 1. The number of amides is 1. The van der Waals surface area contributed by atoms with Gasteiger partial charge in [-0.15, -0.1) is 0 Å². The summed E-state index contributed by atoms with van der Waals surface area (Å²) in [5.41, 5.74) is 4.38. The van der Waals surface area contributed by atoms with Crippen LogP contribution in [0.3, 0.4) is 0 Å². The number of hydrogen-bond acceptors (Lipinski definition) is 4. The minimum Gasteiger partial charge on any atom is -0.356 e. The Bertz CT molecular complexity index is 1610. The Morgan fingerprint density at radius 2 is 2.08 bits per heavy atom. The van der Waals surface area contributed by atoms with Crippen molar-refractivity contribution >= 4 is 29.6 Å². The van der Waals surface area contributed by atoms with Crippen molar-refractivity contribution in [3.8, 4) is 0 Å². The van der Waals surface area contributed by atoms with Crippen molar-refractivity contribution in [1.29, 1.82) is 0 Å². The number of pyridine rings is 2. The first-order chi connectivity index (χ1) is 19.2. The van der Waals surface area contributed by atoms with Crippen molar-refractivity contribution in [1.82, 2.24) is 20.2 Å². The van der Waals surface area contributed by atoms with Crippen LogP contribution in [0, 0.1) is 6.42 Å². The van der Waals surface area contributed by atoms with E-state index in [0.717, 1.165) is 58.5 Å². The molecular weight excluding hydrogens is 501 g/mol. The van der Waals surface area contributed by atoms with Crippen LogP contribution in [-0.4, -0.2) is 46.2 Å². The SMILES string of the molecule is C=CC(=N/C(=C\C)c1ccc(=C/C)/c(=C\C(=C)CNC(=O)c2cnc3c(c2)[C@](C)(F)CC2=C([CH]2)C3)n1)N1CCC1. The van der Waals surface area contributed by atoms with Gasteiger partial charge in [-0.2, -0.15) is 0 Å². The highest BCUT2D eigenvalue weighted by Gasteiger charge is 2.39. The summed E-state index contributed by atoms with van der Waals surface area (Å²) in [6.07, 6.45) is 13.2. The number of carbonyl (C=O) groups excluding carboxylic acids is 1. The topological polar surface area (TPSA) is 70.5 Å². The zero-order chi connectivity index (χ0) is 28.4. The van der Waals surface area contributed by atoms with Crippen LogP contribution >= 0.6 is 0 Å². The summed E-state index contributed by atoms with van der Waals surface area (Å²) in [7, 11) is 0. The fourth-order valence-electron chi connectivity index (χ4n) is 5.06. The van der Waals surface area contributed by atoms with Gasteiger partial charge in [-0.3, -0.25) is 9.78 Å². The first-order valence-electron chi connectivity index (χ1n) is 13.7. The minimum atomic E-state index is -1.55. The van der Waals surface area contributed by atoms with Gasteiger partial charge in [0.05, 0.1) is 28.0 Å². The van der Waals surface area contributed by atoms with Crippen LogP contribution in [0.1, 0.15) is 60.9 Å². The van der Waals surface area contributed by atoms with Gasteiger partial charge < -0.3 is 10.2 Å². The average Bonchev–Trinajstić information content (AvgIpc) is 3.65. The highest BCUT2D eigenvalue weighted by atomic mass is 19.1. The van der Waals surface area contributed by atoms with Crippen LogP contribution in [0.25, 0.3) is 17.8 Å². The van der Waals surface area contributed by atoms with E-state index in [4.69, 9.17) is 9.98 Å². The van der Waals surface area contributed by atoms with Crippen molar-refractivity contribution in [2.75, 3.05) is 19.6 Å². The highest BCUT2D eigenvalue weighted by molar-refractivity contribution is 5.96. The van der Waals surface area contributed by atoms with Crippen molar-refractivity contribution in [2.24, 2.45) is 4.99 Å². The maximum Gasteiger partial charge on any atom is 0.253 e. The van der Waals surface area contributed by atoms with Gasteiger partial charge >= 0.3 is 0 Å². The van der Waals surface area contributed by atoms with Gasteiger partial charge in [0.2, 0.25) is 0 Å². The quantitative estimate of drug-likeness (QED) is 0.422. The number of nitrogens with one attached hydrogen (secondary N) is 1. The molecule has 1 radical (unpaired) electrons. The lowest BCUT2D eigenvalue weighted by Crippen LogP contribution is -2.41. The van der Waals surface area contributed by atoms with Crippen LogP contribution in [0.4, 0.5) is 4.39 Å². The van der Waals surface area contributed by atoms with Gasteiger partial charge in [0.1, 0.15) is 11.5 Å². The van der Waals surface area contributed by atoms with Crippen LogP contribution in [-0.2, 0) is 12.1 Å². The molecule has 1 N–H and O–H groups in total. The summed E-state index contributed by atoms with van der Waals surface area (Å²) >= 11 is 0. The van der Waals surface area contributed by atoms with E-state index in [1.807, 2.05) is 50.6 Å². The Morgan fingerprint density at radius 1 is 1.27 bits per heavy atom. The molecular formula is C33H35FN5O. The molecule has 6 nitrogen and oxygen atoms in total. The standard InChI is InChI=1S/C33H35FN5O/c1-6-22-10-11-28(27(7-2)38-31(8-3)39-12-9-13-39)37-29(22)14-21(4)19-36-32(40)25-16-26-30(35-20-25)17-23-15-24(23)18-33(26,5)34/h6-8,10-11,14-16,20H,3-4,9,12-13,17-19H2,1-2,5H3,(H,36,40)/b22-6-,27-7-,29-14+,38-31?/t33-/m1/s1. The first-order valence-corrected chi connectivity index (χ1v) is 13.7. The molecule has 1 fully saturated rings. The number of allylic oxidation sites excluding steroid dienone is 3. The van der Waals surface area contributed by atoms with E-state index in [2.05, 4.69) is 28.4 Å². The number of rotatable bonds is 7. The van der Waals surface area contributed by atoms with E-state index in [1.54, 1.807) is 19.1 Å². The van der Waals surface area contributed by atoms with Crippen molar-refractivity contribution in [3.05, 3.63) is 106 Å². The molecule has 1 amide bonds. The Morgan fingerprint density at radius 3 is 2.75 bits per heavy atom. The van der Waals surface area contributed by atoms with E-state index < -0.39 is 5.67 Å². The van der Waals surface area contributed by atoms with Gasteiger partial charge in [-0.1, -0.05) is 42.5 Å². The Labute approximate surface area is 235 Å². The summed E-state index contributed by atoms with van der Waals surface area (Å²) < 4.78 is 15.5. The Kier molecular flexibility index (Phi) is 7.66. The smallest absolute Gasteiger partial charge is 0.253 e. The Hall–Kier alpha value is -4.13. The second-order valence-electron chi connectivity index (χ2n) is 10.6. The van der Waals surface area contributed by atoms with Crippen molar-refractivity contribution in [2.45, 2.75) is 45.7 Å². The molecule has 2 aromatic heterocycles. The largest absolute Gasteiger partial charge is 0.356 e. The number of hydrogen-bond donors (Lipinski definition) is 1. The van der Waals surface area contributed by atoms with Crippen LogP contribution < -0.4 is 15.9 Å². The third-order valence-electron chi connectivity index (χ3n) is 7.57. The van der Waals surface area contributed by atoms with E-state index in [1.165, 1.54) is 6.20 Å². The van der Waals surface area contributed by atoms with E-state index in [-0.39, 0.29) is 12.5 Å². The molecule has 205 valence electrons. The molecule has 0 aromatic carbocycles. The molecule has 40 heavy (non-hydrogen) atoms. The second-order valence-corrected chi connectivity index (χ2v) is 10.6. The number of halogens is 1. The fourth-order valence-corrected chi connectivity index (χ4v) is 5.06. The summed E-state index contributed by atoms with van der Waals surface area (Å²) in [4.78, 5) is 29.3. The van der Waals surface area contributed by atoms with Gasteiger partial charge in [0, 0.05) is 50.7 Å². The van der Waals surface area contributed by atoms with Gasteiger partial charge in [-0.25, -0.2) is 14.4 Å². The van der Waals surface area contributed by atoms with Gasteiger partial charge in [-0.05, 0) is 62.3 Å². The maximum atomic E-state index is 15.5. The van der Waals surface area contributed by atoms with Gasteiger partial charge in [0.25, 0.3) is 5.91 Å². The molecule has 3 heterocycles. The monoisotopic (exact) mass is 536 g/mol. The molecule has 2 aromatic rings. The molecule has 0 bridgehead atoms. The molecule has 0 saturated carbocycles. The highest BCUT2D eigenvalue weighted by Crippen LogP contribution is 2.47. The second kappa shape index (κ2) is 11.2. The first kappa shape index (κ1) is 27.4. The van der Waals surface area contributed by atoms with Crippen LogP contribution in [0.2, 0.25) is 0 Å². The lowest BCUT2D eigenvalue weighted by Gasteiger charge is -2.32. The summed E-state index contributed by atoms with van der Waals surface area (Å²) in [5, 5.41) is 4.58. The molecule has 3 aliphatic rings. The molecule has 0 spiro atoms. The number of nitrogens with zero attached hydrogens (tertiary/aromatic N) is 4. The third-order valence-corrected chi connectivity index (χ3v) is 7.57. The number of alkyl halides is 1. The van der Waals surface area contributed by atoms with E-state index >= 15 is 4.39 Å². The summed E-state index contributed by atoms with van der Waals surface area (Å²) in [5.74, 6) is 0.525. The van der Waals surface area contributed by atoms with E-state index in [9.17, 15) is 4.79 Å². The lowest BCUT2D eigenvalue weighted by molar-refractivity contribution is 0.0956. The fraction of sp³-hybridized carbons (Fsp3) is 0.303. The normalized spacial score (nSPS) is 21.4. The molecule has 1 saturated heterocycles. The molecule has 1 aliphatic heterocycles. The van der Waals surface area contributed by atoms with Crippen LogP contribution in [0.15, 0.2) is 71.4 Å². The van der Waals surface area contributed by atoms with Crippen LogP contribution in [0.5, 0.6) is 0 Å². The van der Waals surface area contributed by atoms with E-state index in [0.29, 0.717) is 35.2 Å². The number of amidine groups is 1. The number of likely N-dealkylation sites (tertiary alicyclic amines) is 1. The number of aromatic nitrogens is 2. The minimum absolute atomic E-state index is 0.215. The number of fused-ring (bicyclic) bond motifs is 1. The zero-order valence-corrected chi connectivity index (χ0v) is 23.4. The molecule has 0 unspecified atom stereocenters. The maximum absolute atomic E-state index is 15.5. The van der Waals surface area contributed by atoms with Crippen molar-refractivity contribution in [3.63, 3.8) is 0 Å². The molecule has 2 aliphatic carbocycles. The average molecular weight is 537 g/mol. The van der Waals surface area contributed by atoms with Crippen molar-refractivity contribution < 1.29 is 9.18 Å². The summed E-state index contributed by atoms with van der Waals surface area (Å²) in [6, 6.07) is 5.60.